The van der Waals surface area contributed by atoms with E-state index in [4.69, 9.17) is 11.6 Å². The Morgan fingerprint density at radius 3 is 2.93 bits per heavy atom. The summed E-state index contributed by atoms with van der Waals surface area (Å²) in [5, 5.41) is 0.801. The predicted octanol–water partition coefficient (Wildman–Crippen LogP) is -2.43. The van der Waals surface area contributed by atoms with Crippen molar-refractivity contribution in [3.8, 4) is 0 Å². The maximum absolute atomic E-state index is 6.24. The summed E-state index contributed by atoms with van der Waals surface area (Å²) in [7, 11) is 1.97. The molecule has 2 rings (SSSR count). The summed E-state index contributed by atoms with van der Waals surface area (Å²) < 4.78 is 12.7. The fourth-order valence-electron chi connectivity index (χ4n) is 1.07. The molecule has 1 aliphatic rings. The molecule has 8 heteroatoms. The third kappa shape index (κ3) is 1.76. The summed E-state index contributed by atoms with van der Waals surface area (Å²) >= 11 is 12.7. The molecule has 3 nitrogen and oxygen atoms in total. The van der Waals surface area contributed by atoms with Gasteiger partial charge in [0, 0.05) is 0 Å². The van der Waals surface area contributed by atoms with Gasteiger partial charge in [0.2, 0.25) is 0 Å². The second-order valence-corrected chi connectivity index (χ2v) is 9.48. The number of fused-ring (bicyclic) bond motifs is 1. The summed E-state index contributed by atoms with van der Waals surface area (Å²) in [6.07, 6.45) is 0. The molecule has 2 heterocycles. The molecule has 0 bridgehead atoms. The Morgan fingerprint density at radius 1 is 1.57 bits per heavy atom. The van der Waals surface area contributed by atoms with E-state index in [-0.39, 0.29) is 0 Å². The molecule has 0 atom stereocenters. The first-order valence-electron chi connectivity index (χ1n) is 3.47. The van der Waals surface area contributed by atoms with E-state index in [0.717, 1.165) is 20.8 Å². The first-order valence-corrected chi connectivity index (χ1v) is 11.4. The Balaban J connectivity index is 2.87. The van der Waals surface area contributed by atoms with Crippen LogP contribution < -0.4 is 18.7 Å². The molecule has 0 aliphatic carbocycles. The van der Waals surface area contributed by atoms with E-state index in [2.05, 4.69) is 40.6 Å². The standard InChI is InChI=1S/C6H3ClN3Se4/c1-10-5(8-12)3(11)2(7)4-6(10)9-14-13-4/h1H3. The summed E-state index contributed by atoms with van der Waals surface area (Å²) in [6.45, 7) is 0. The van der Waals surface area contributed by atoms with Gasteiger partial charge in [0.05, 0.1) is 0 Å². The summed E-state index contributed by atoms with van der Waals surface area (Å²) in [5.74, 6) is 1.00. The number of rotatable bonds is 0. The van der Waals surface area contributed by atoms with Gasteiger partial charge in [-0.05, 0) is 0 Å². The molecule has 0 saturated carbocycles. The van der Waals surface area contributed by atoms with Crippen molar-refractivity contribution in [1.29, 1.82) is 0 Å². The average Bonchev–Trinajstić information content (AvgIpc) is 2.64. The summed E-state index contributed by atoms with van der Waals surface area (Å²) in [6, 6.07) is 0. The minimum absolute atomic E-state index is 0.360. The second-order valence-electron chi connectivity index (χ2n) is 2.52. The van der Waals surface area contributed by atoms with Crippen LogP contribution >= 0.6 is 11.6 Å². The van der Waals surface area contributed by atoms with Crippen LogP contribution in [-0.4, -0.2) is 63.3 Å². The van der Waals surface area contributed by atoms with Crippen LogP contribution in [0.4, 0.5) is 5.82 Å². The number of pyridine rings is 1. The van der Waals surface area contributed by atoms with Crippen LogP contribution in [-0.2, 0) is 7.05 Å². The monoisotopic (exact) mass is 472 g/mol. The molecule has 1 aliphatic heterocycles. The van der Waals surface area contributed by atoms with Crippen molar-refractivity contribution in [2.75, 3.05) is 0 Å². The summed E-state index contributed by atoms with van der Waals surface area (Å²) in [5.41, 5.74) is 0.825. The molecule has 73 valence electrons. The molecule has 0 saturated heterocycles. The zero-order valence-electron chi connectivity index (χ0n) is 6.85. The molecule has 1 aromatic rings. The number of halogens is 1. The Labute approximate surface area is 114 Å². The van der Waals surface area contributed by atoms with Crippen LogP contribution in [0.3, 0.4) is 0 Å². The Morgan fingerprint density at radius 2 is 2.29 bits per heavy atom. The molecule has 0 spiro atoms. The number of nitrogens with zero attached hydrogens (tertiary/aromatic N) is 3. The van der Waals surface area contributed by atoms with Crippen molar-refractivity contribution < 1.29 is 0 Å². The van der Waals surface area contributed by atoms with Crippen molar-refractivity contribution in [3.63, 3.8) is 0 Å². The fraction of sp³-hybridized carbons (Fsp3) is 0.167. The molecule has 0 amide bonds. The molecule has 3 radical (unpaired) electrons. The first-order chi connectivity index (χ1) is 6.66. The van der Waals surface area contributed by atoms with E-state index in [9.17, 15) is 0 Å². The van der Waals surface area contributed by atoms with Gasteiger partial charge in [0.15, 0.2) is 0 Å². The Bertz CT molecular complexity index is 455. The van der Waals surface area contributed by atoms with Gasteiger partial charge in [0.25, 0.3) is 0 Å². The molecule has 0 aromatic carbocycles. The van der Waals surface area contributed by atoms with Gasteiger partial charge in [-0.15, -0.1) is 0 Å². The average molecular weight is 468 g/mol. The zero-order valence-corrected chi connectivity index (χ0v) is 14.5. The van der Waals surface area contributed by atoms with Gasteiger partial charge in [-0.25, -0.2) is 0 Å². The molecule has 0 unspecified atom stereocenters. The van der Waals surface area contributed by atoms with Crippen molar-refractivity contribution in [3.05, 3.63) is 10.5 Å². The minimum atomic E-state index is 0.360. The van der Waals surface area contributed by atoms with Crippen LogP contribution in [0, 0.1) is 0 Å². The van der Waals surface area contributed by atoms with Gasteiger partial charge in [-0.1, -0.05) is 0 Å². The quantitative estimate of drug-likeness (QED) is 0.380. The maximum atomic E-state index is 6.24. The van der Waals surface area contributed by atoms with Gasteiger partial charge in [-0.3, -0.25) is 0 Å². The van der Waals surface area contributed by atoms with Crippen LogP contribution in [0.5, 0.6) is 0 Å². The number of aromatic nitrogens is 1. The van der Waals surface area contributed by atoms with Gasteiger partial charge < -0.3 is 0 Å². The normalized spacial score (nSPS) is 15.4. The molecule has 0 N–H and O–H groups in total. The first kappa shape index (κ1) is 11.6. The van der Waals surface area contributed by atoms with E-state index in [0.29, 0.717) is 26.5 Å². The molecular formula is C6H3ClN3Se4. The number of hydrogen-bond acceptors (Lipinski definition) is 1. The van der Waals surface area contributed by atoms with Crippen molar-refractivity contribution >= 4 is 85.1 Å². The number of hydrogen-bond donors (Lipinski definition) is 0. The molecule has 0 fully saturated rings. The Kier molecular flexibility index (Phi) is 3.77. The predicted molar refractivity (Wildman–Crippen MR) is 60.1 cm³/mol. The van der Waals surface area contributed by atoms with Crippen LogP contribution in [0.15, 0.2) is 4.01 Å². The fourth-order valence-corrected chi connectivity index (χ4v) is 9.39. The van der Waals surface area contributed by atoms with Crippen molar-refractivity contribution in [1.82, 2.24) is 8.90 Å². The van der Waals surface area contributed by atoms with Crippen molar-refractivity contribution in [2.24, 2.45) is 11.1 Å². The van der Waals surface area contributed by atoms with Crippen LogP contribution in [0.1, 0.15) is 0 Å². The van der Waals surface area contributed by atoms with Gasteiger partial charge in [0.1, 0.15) is 0 Å². The second kappa shape index (κ2) is 4.55. The zero-order chi connectivity index (χ0) is 10.3. The third-order valence-corrected chi connectivity index (χ3v) is 9.11. The van der Waals surface area contributed by atoms with E-state index in [1.54, 1.807) is 0 Å². The molecule has 14 heavy (non-hydrogen) atoms. The van der Waals surface area contributed by atoms with E-state index >= 15 is 0 Å². The van der Waals surface area contributed by atoms with E-state index in [1.165, 1.54) is 4.46 Å². The van der Waals surface area contributed by atoms with Crippen LogP contribution in [0.25, 0.3) is 0 Å². The third-order valence-electron chi connectivity index (χ3n) is 1.77. The van der Waals surface area contributed by atoms with Gasteiger partial charge in [-0.2, -0.15) is 0 Å². The van der Waals surface area contributed by atoms with E-state index in [1.807, 2.05) is 11.6 Å². The Hall–Kier alpha value is 1.12. The molecule has 1 aromatic heterocycles. The summed E-state index contributed by atoms with van der Waals surface area (Å²) in [4.78, 5) is 0. The van der Waals surface area contributed by atoms with Crippen LogP contribution in [0.2, 0.25) is 5.02 Å². The van der Waals surface area contributed by atoms with Gasteiger partial charge >= 0.3 is 116 Å². The molecular weight excluding hydrogens is 465 g/mol. The van der Waals surface area contributed by atoms with E-state index < -0.39 is 0 Å². The SMILES string of the molecule is Cn1c2c(c(Cl)c([Se])c1=N[Se])[Se][Se][N]2. The topological polar surface area (TPSA) is 31.4 Å². The van der Waals surface area contributed by atoms with Crippen molar-refractivity contribution in [2.45, 2.75) is 0 Å².